The SMILES string of the molecule is Cl.NNc1nc(Cl)ccc1Br. The summed E-state index contributed by atoms with van der Waals surface area (Å²) in [7, 11) is 0. The molecule has 1 aromatic rings. The van der Waals surface area contributed by atoms with Crippen LogP contribution in [0.3, 0.4) is 0 Å². The number of hydrogen-bond acceptors (Lipinski definition) is 3. The summed E-state index contributed by atoms with van der Waals surface area (Å²) < 4.78 is 0.791. The van der Waals surface area contributed by atoms with E-state index in [-0.39, 0.29) is 12.4 Å². The second kappa shape index (κ2) is 4.77. The smallest absolute Gasteiger partial charge is 0.156 e. The van der Waals surface area contributed by atoms with E-state index in [9.17, 15) is 0 Å². The number of hydrogen-bond donors (Lipinski definition) is 2. The quantitative estimate of drug-likeness (QED) is 0.461. The van der Waals surface area contributed by atoms with Gasteiger partial charge in [-0.05, 0) is 28.1 Å². The lowest BCUT2D eigenvalue weighted by atomic mass is 10.5. The standard InChI is InChI=1S/C5H5BrClN3.ClH/c6-3-1-2-4(7)9-5(3)10-8;/h1-2H,8H2,(H,9,10);1H. The number of hydrazine groups is 1. The average molecular weight is 259 g/mol. The molecule has 11 heavy (non-hydrogen) atoms. The molecule has 0 saturated carbocycles. The molecule has 0 aromatic carbocycles. The summed E-state index contributed by atoms with van der Waals surface area (Å²) >= 11 is 8.80. The van der Waals surface area contributed by atoms with Crippen molar-refractivity contribution in [2.24, 2.45) is 5.84 Å². The molecule has 0 spiro atoms. The minimum absolute atomic E-state index is 0. The zero-order valence-electron chi connectivity index (χ0n) is 5.34. The first-order valence-corrected chi connectivity index (χ1v) is 3.70. The van der Waals surface area contributed by atoms with Crippen LogP contribution in [0.15, 0.2) is 16.6 Å². The maximum absolute atomic E-state index is 5.57. The van der Waals surface area contributed by atoms with Gasteiger partial charge < -0.3 is 5.43 Å². The molecule has 0 aliphatic carbocycles. The molecule has 0 radical (unpaired) electrons. The van der Waals surface area contributed by atoms with Gasteiger partial charge in [-0.3, -0.25) is 0 Å². The first-order chi connectivity index (χ1) is 4.74. The van der Waals surface area contributed by atoms with Crippen LogP contribution in [0.5, 0.6) is 0 Å². The number of nitrogen functional groups attached to an aromatic ring is 1. The van der Waals surface area contributed by atoms with Gasteiger partial charge in [0.25, 0.3) is 0 Å². The van der Waals surface area contributed by atoms with Gasteiger partial charge >= 0.3 is 0 Å². The van der Waals surface area contributed by atoms with Crippen LogP contribution in [-0.2, 0) is 0 Å². The maximum Gasteiger partial charge on any atom is 0.156 e. The van der Waals surface area contributed by atoms with Crippen molar-refractivity contribution in [3.05, 3.63) is 21.8 Å². The molecule has 1 heterocycles. The lowest BCUT2D eigenvalue weighted by molar-refractivity contribution is 1.21. The highest BCUT2D eigenvalue weighted by molar-refractivity contribution is 9.10. The summed E-state index contributed by atoms with van der Waals surface area (Å²) in [5, 5.41) is 0.413. The molecule has 0 saturated heterocycles. The zero-order chi connectivity index (χ0) is 7.56. The number of aromatic nitrogens is 1. The molecule has 3 nitrogen and oxygen atoms in total. The molecule has 3 N–H and O–H groups in total. The Morgan fingerprint density at radius 1 is 1.55 bits per heavy atom. The predicted molar refractivity (Wildman–Crippen MR) is 52.0 cm³/mol. The first-order valence-electron chi connectivity index (χ1n) is 2.52. The number of pyridine rings is 1. The molecule has 6 heteroatoms. The van der Waals surface area contributed by atoms with E-state index in [0.29, 0.717) is 11.0 Å². The third-order valence-electron chi connectivity index (χ3n) is 0.949. The van der Waals surface area contributed by atoms with Crippen LogP contribution < -0.4 is 11.3 Å². The molecule has 0 amide bonds. The fraction of sp³-hybridized carbons (Fsp3) is 0. The van der Waals surface area contributed by atoms with Crippen molar-refractivity contribution in [3.8, 4) is 0 Å². The maximum atomic E-state index is 5.57. The highest BCUT2D eigenvalue weighted by Gasteiger charge is 1.98. The summed E-state index contributed by atoms with van der Waals surface area (Å²) in [4.78, 5) is 3.87. The van der Waals surface area contributed by atoms with Crippen LogP contribution in [0.1, 0.15) is 0 Å². The molecule has 1 aromatic heterocycles. The fourth-order valence-electron chi connectivity index (χ4n) is 0.520. The summed E-state index contributed by atoms with van der Waals surface area (Å²) in [5.41, 5.74) is 2.39. The number of nitrogens with one attached hydrogen (secondary N) is 1. The van der Waals surface area contributed by atoms with Crippen LogP contribution in [0.2, 0.25) is 5.15 Å². The lowest BCUT2D eigenvalue weighted by Gasteiger charge is -2.00. The van der Waals surface area contributed by atoms with Crippen LogP contribution in [0, 0.1) is 0 Å². The van der Waals surface area contributed by atoms with Gasteiger partial charge in [0, 0.05) is 0 Å². The van der Waals surface area contributed by atoms with Crippen molar-refractivity contribution in [1.29, 1.82) is 0 Å². The van der Waals surface area contributed by atoms with Crippen molar-refractivity contribution in [2.75, 3.05) is 5.43 Å². The Morgan fingerprint density at radius 3 is 2.64 bits per heavy atom. The molecule has 0 fully saturated rings. The number of halogens is 3. The molecule has 62 valence electrons. The van der Waals surface area contributed by atoms with Gasteiger partial charge in [0.1, 0.15) is 5.15 Å². The predicted octanol–water partition coefficient (Wildman–Crippen LogP) is 2.20. The van der Waals surface area contributed by atoms with E-state index in [1.54, 1.807) is 12.1 Å². The van der Waals surface area contributed by atoms with Crippen LogP contribution in [-0.4, -0.2) is 4.98 Å². The van der Waals surface area contributed by atoms with Gasteiger partial charge in [-0.15, -0.1) is 12.4 Å². The third-order valence-corrected chi connectivity index (χ3v) is 1.80. The Morgan fingerprint density at radius 2 is 2.18 bits per heavy atom. The Balaban J connectivity index is 0.000001000. The van der Waals surface area contributed by atoms with Crippen molar-refractivity contribution in [1.82, 2.24) is 4.98 Å². The monoisotopic (exact) mass is 257 g/mol. The Hall–Kier alpha value is -0.0300. The number of nitrogens with zero attached hydrogens (tertiary/aromatic N) is 1. The van der Waals surface area contributed by atoms with Crippen molar-refractivity contribution < 1.29 is 0 Å². The van der Waals surface area contributed by atoms with Crippen LogP contribution >= 0.6 is 39.9 Å². The Kier molecular flexibility index (Phi) is 4.76. The summed E-state index contributed by atoms with van der Waals surface area (Å²) in [5.74, 6) is 5.65. The molecule has 1 rings (SSSR count). The van der Waals surface area contributed by atoms with E-state index in [0.717, 1.165) is 4.47 Å². The van der Waals surface area contributed by atoms with Gasteiger partial charge in [0.05, 0.1) is 4.47 Å². The minimum Gasteiger partial charge on any atom is -0.307 e. The van der Waals surface area contributed by atoms with Gasteiger partial charge in [0.2, 0.25) is 0 Å². The third kappa shape index (κ3) is 2.83. The Bertz CT molecular complexity index is 243. The minimum atomic E-state index is 0. The molecule has 0 bridgehead atoms. The van der Waals surface area contributed by atoms with Crippen molar-refractivity contribution in [2.45, 2.75) is 0 Å². The second-order valence-electron chi connectivity index (χ2n) is 1.61. The Labute approximate surface area is 83.8 Å². The van der Waals surface area contributed by atoms with E-state index in [2.05, 4.69) is 26.3 Å². The topological polar surface area (TPSA) is 50.9 Å². The van der Waals surface area contributed by atoms with Crippen molar-refractivity contribution >= 4 is 45.8 Å². The number of nitrogens with two attached hydrogens (primary N) is 1. The van der Waals surface area contributed by atoms with E-state index in [4.69, 9.17) is 17.4 Å². The van der Waals surface area contributed by atoms with Crippen LogP contribution in [0.25, 0.3) is 0 Å². The van der Waals surface area contributed by atoms with E-state index >= 15 is 0 Å². The highest BCUT2D eigenvalue weighted by Crippen LogP contribution is 2.20. The van der Waals surface area contributed by atoms with E-state index in [1.807, 2.05) is 0 Å². The van der Waals surface area contributed by atoms with E-state index < -0.39 is 0 Å². The van der Waals surface area contributed by atoms with Crippen LogP contribution in [0.4, 0.5) is 5.82 Å². The molecule has 0 aliphatic heterocycles. The number of anilines is 1. The summed E-state index contributed by atoms with van der Waals surface area (Å²) in [6, 6.07) is 3.44. The largest absolute Gasteiger partial charge is 0.307 e. The zero-order valence-corrected chi connectivity index (χ0v) is 8.50. The summed E-state index contributed by atoms with van der Waals surface area (Å²) in [6.45, 7) is 0. The molecule has 0 atom stereocenters. The van der Waals surface area contributed by atoms with Gasteiger partial charge in [-0.25, -0.2) is 10.8 Å². The molecular weight excluding hydrogens is 253 g/mol. The van der Waals surface area contributed by atoms with Gasteiger partial charge in [-0.1, -0.05) is 11.6 Å². The fourth-order valence-corrected chi connectivity index (χ4v) is 1.00. The van der Waals surface area contributed by atoms with Gasteiger partial charge in [-0.2, -0.15) is 0 Å². The second-order valence-corrected chi connectivity index (χ2v) is 2.85. The molecular formula is C5H6BrCl2N3. The molecule has 0 aliphatic rings. The normalized spacial score (nSPS) is 8.64. The first kappa shape index (κ1) is 11.0. The lowest BCUT2D eigenvalue weighted by Crippen LogP contribution is -2.08. The average Bonchev–Trinajstić information content (AvgIpc) is 1.94. The van der Waals surface area contributed by atoms with E-state index in [1.165, 1.54) is 0 Å². The molecule has 0 unspecified atom stereocenters. The number of rotatable bonds is 1. The highest BCUT2D eigenvalue weighted by atomic mass is 79.9. The summed E-state index contributed by atoms with van der Waals surface area (Å²) in [6.07, 6.45) is 0. The van der Waals surface area contributed by atoms with Gasteiger partial charge in [0.15, 0.2) is 5.82 Å². The van der Waals surface area contributed by atoms with Crippen molar-refractivity contribution in [3.63, 3.8) is 0 Å².